The summed E-state index contributed by atoms with van der Waals surface area (Å²) >= 11 is 1.50. The van der Waals surface area contributed by atoms with Gasteiger partial charge in [0.15, 0.2) is 5.13 Å². The maximum atomic E-state index is 12.2. The molecule has 0 fully saturated rings. The fourth-order valence-corrected chi connectivity index (χ4v) is 3.36. The second-order valence-corrected chi connectivity index (χ2v) is 6.77. The van der Waals surface area contributed by atoms with E-state index in [4.69, 9.17) is 0 Å². The van der Waals surface area contributed by atoms with Crippen LogP contribution in [0.3, 0.4) is 0 Å². The van der Waals surface area contributed by atoms with E-state index in [0.29, 0.717) is 10.7 Å². The number of aromatic nitrogens is 1. The van der Waals surface area contributed by atoms with Crippen LogP contribution in [0.5, 0.6) is 0 Å². The van der Waals surface area contributed by atoms with E-state index in [-0.39, 0.29) is 5.91 Å². The second kappa shape index (κ2) is 6.34. The fraction of sp³-hybridized carbons (Fsp3) is 0.158. The minimum atomic E-state index is -0.133. The Labute approximate surface area is 140 Å². The topological polar surface area (TPSA) is 42.0 Å². The van der Waals surface area contributed by atoms with E-state index >= 15 is 0 Å². The predicted octanol–water partition coefficient (Wildman–Crippen LogP) is 4.99. The number of nitrogens with one attached hydrogen (secondary N) is 1. The molecule has 0 saturated heterocycles. The highest BCUT2D eigenvalue weighted by atomic mass is 32.1. The van der Waals surface area contributed by atoms with Crippen molar-refractivity contribution >= 4 is 22.4 Å². The lowest BCUT2D eigenvalue weighted by Crippen LogP contribution is -2.11. The Kier molecular flexibility index (Phi) is 4.26. The van der Waals surface area contributed by atoms with Crippen LogP contribution in [0.2, 0.25) is 0 Å². The minimum Gasteiger partial charge on any atom is -0.298 e. The molecule has 0 bridgehead atoms. The van der Waals surface area contributed by atoms with Gasteiger partial charge in [0.25, 0.3) is 5.91 Å². The van der Waals surface area contributed by atoms with Crippen molar-refractivity contribution in [3.63, 3.8) is 0 Å². The van der Waals surface area contributed by atoms with Crippen LogP contribution in [-0.4, -0.2) is 10.9 Å². The lowest BCUT2D eigenvalue weighted by atomic mass is 10.0. The van der Waals surface area contributed by atoms with Gasteiger partial charge in [-0.2, -0.15) is 0 Å². The summed E-state index contributed by atoms with van der Waals surface area (Å²) in [5, 5.41) is 3.52. The first-order valence-electron chi connectivity index (χ1n) is 7.46. The summed E-state index contributed by atoms with van der Waals surface area (Å²) in [7, 11) is 0. The third-order valence-corrected chi connectivity index (χ3v) is 4.58. The normalized spacial score (nSPS) is 10.6. The van der Waals surface area contributed by atoms with Crippen LogP contribution >= 0.6 is 11.3 Å². The smallest absolute Gasteiger partial charge is 0.257 e. The Morgan fingerprint density at radius 1 is 1.04 bits per heavy atom. The van der Waals surface area contributed by atoms with Gasteiger partial charge in [-0.1, -0.05) is 42.0 Å². The second-order valence-electron chi connectivity index (χ2n) is 5.56. The number of thiazole rings is 1. The zero-order valence-electron chi connectivity index (χ0n) is 13.4. The van der Waals surface area contributed by atoms with Crippen molar-refractivity contribution in [1.82, 2.24) is 4.98 Å². The fourth-order valence-electron chi connectivity index (χ4n) is 2.54. The van der Waals surface area contributed by atoms with E-state index in [1.165, 1.54) is 22.5 Å². The number of carbonyl (C=O) groups excluding carboxylic acids is 1. The van der Waals surface area contributed by atoms with Crippen LogP contribution in [0.15, 0.2) is 48.5 Å². The summed E-state index contributed by atoms with van der Waals surface area (Å²) < 4.78 is 0. The van der Waals surface area contributed by atoms with E-state index < -0.39 is 0 Å². The predicted molar refractivity (Wildman–Crippen MR) is 96.2 cm³/mol. The van der Waals surface area contributed by atoms with Gasteiger partial charge in [0, 0.05) is 16.0 Å². The van der Waals surface area contributed by atoms with Crippen LogP contribution in [0, 0.1) is 20.8 Å². The maximum absolute atomic E-state index is 12.2. The van der Waals surface area contributed by atoms with E-state index in [1.807, 2.05) is 25.1 Å². The van der Waals surface area contributed by atoms with E-state index in [0.717, 1.165) is 16.1 Å². The third kappa shape index (κ3) is 3.32. The first-order valence-corrected chi connectivity index (χ1v) is 8.27. The van der Waals surface area contributed by atoms with Crippen molar-refractivity contribution < 1.29 is 4.79 Å². The molecule has 1 heterocycles. The molecule has 2 aromatic carbocycles. The number of nitrogens with zero attached hydrogens (tertiary/aromatic N) is 1. The lowest BCUT2D eigenvalue weighted by molar-refractivity contribution is 0.102. The molecule has 0 unspecified atom stereocenters. The highest BCUT2D eigenvalue weighted by Crippen LogP contribution is 2.32. The molecule has 1 N–H and O–H groups in total. The van der Waals surface area contributed by atoms with Gasteiger partial charge in [-0.3, -0.25) is 10.1 Å². The van der Waals surface area contributed by atoms with Crippen molar-refractivity contribution in [1.29, 1.82) is 0 Å². The average Bonchev–Trinajstić information content (AvgIpc) is 2.88. The molecule has 3 rings (SSSR count). The molecule has 0 saturated carbocycles. The molecule has 1 aromatic heterocycles. The van der Waals surface area contributed by atoms with Crippen molar-refractivity contribution in [2.75, 3.05) is 5.32 Å². The number of rotatable bonds is 3. The molecule has 0 aliphatic carbocycles. The van der Waals surface area contributed by atoms with Crippen molar-refractivity contribution in [2.24, 2.45) is 0 Å². The van der Waals surface area contributed by atoms with Crippen LogP contribution in [-0.2, 0) is 0 Å². The van der Waals surface area contributed by atoms with Gasteiger partial charge in [-0.15, -0.1) is 11.3 Å². The standard InChI is InChI=1S/C19H18N2OS/c1-12-9-10-16(13(2)11-12)17-14(3)23-19(20-17)21-18(22)15-7-5-4-6-8-15/h4-11H,1-3H3,(H,20,21,22). The van der Waals surface area contributed by atoms with Crippen LogP contribution in [0.25, 0.3) is 11.3 Å². The summed E-state index contributed by atoms with van der Waals surface area (Å²) in [5.74, 6) is -0.133. The molecule has 3 aromatic rings. The van der Waals surface area contributed by atoms with Gasteiger partial charge >= 0.3 is 0 Å². The zero-order valence-corrected chi connectivity index (χ0v) is 14.2. The molecule has 0 aliphatic heterocycles. The Hall–Kier alpha value is -2.46. The molecule has 0 aliphatic rings. The molecule has 116 valence electrons. The largest absolute Gasteiger partial charge is 0.298 e. The number of amides is 1. The number of anilines is 1. The van der Waals surface area contributed by atoms with Crippen LogP contribution in [0.1, 0.15) is 26.4 Å². The molecule has 0 atom stereocenters. The third-order valence-electron chi connectivity index (χ3n) is 3.69. The summed E-state index contributed by atoms with van der Waals surface area (Å²) in [6.07, 6.45) is 0. The summed E-state index contributed by atoms with van der Waals surface area (Å²) in [6, 6.07) is 15.5. The molecule has 4 heteroatoms. The number of hydrogen-bond acceptors (Lipinski definition) is 3. The Morgan fingerprint density at radius 2 is 1.78 bits per heavy atom. The average molecular weight is 322 g/mol. The molecule has 23 heavy (non-hydrogen) atoms. The molecule has 3 nitrogen and oxygen atoms in total. The first kappa shape index (κ1) is 15.4. The first-order chi connectivity index (χ1) is 11.0. The summed E-state index contributed by atoms with van der Waals surface area (Å²) in [4.78, 5) is 18.0. The monoisotopic (exact) mass is 322 g/mol. The minimum absolute atomic E-state index is 0.133. The van der Waals surface area contributed by atoms with Gasteiger partial charge in [-0.25, -0.2) is 4.98 Å². The Morgan fingerprint density at radius 3 is 2.48 bits per heavy atom. The molecular formula is C19H18N2OS. The molecule has 1 amide bonds. The Balaban J connectivity index is 1.88. The number of hydrogen-bond donors (Lipinski definition) is 1. The highest BCUT2D eigenvalue weighted by Gasteiger charge is 2.14. The van der Waals surface area contributed by atoms with E-state index in [2.05, 4.69) is 42.3 Å². The lowest BCUT2D eigenvalue weighted by Gasteiger charge is -2.05. The van der Waals surface area contributed by atoms with Crippen molar-refractivity contribution in [3.8, 4) is 11.3 Å². The molecule has 0 spiro atoms. The number of carbonyl (C=O) groups is 1. The van der Waals surface area contributed by atoms with Gasteiger partial charge < -0.3 is 0 Å². The van der Waals surface area contributed by atoms with Gasteiger partial charge in [0.1, 0.15) is 0 Å². The zero-order chi connectivity index (χ0) is 16.4. The number of benzene rings is 2. The van der Waals surface area contributed by atoms with Crippen LogP contribution < -0.4 is 5.32 Å². The van der Waals surface area contributed by atoms with Gasteiger partial charge in [0.2, 0.25) is 0 Å². The quantitative estimate of drug-likeness (QED) is 0.738. The van der Waals surface area contributed by atoms with Crippen LogP contribution in [0.4, 0.5) is 5.13 Å². The SMILES string of the molecule is Cc1ccc(-c2nc(NC(=O)c3ccccc3)sc2C)c(C)c1. The van der Waals surface area contributed by atoms with Crippen molar-refractivity contribution in [3.05, 3.63) is 70.1 Å². The highest BCUT2D eigenvalue weighted by molar-refractivity contribution is 7.16. The summed E-state index contributed by atoms with van der Waals surface area (Å²) in [5.41, 5.74) is 5.12. The van der Waals surface area contributed by atoms with Gasteiger partial charge in [0.05, 0.1) is 5.69 Å². The maximum Gasteiger partial charge on any atom is 0.257 e. The molecule has 0 radical (unpaired) electrons. The summed E-state index contributed by atoms with van der Waals surface area (Å²) in [6.45, 7) is 6.20. The number of aryl methyl sites for hydroxylation is 3. The van der Waals surface area contributed by atoms with Gasteiger partial charge in [-0.05, 0) is 38.5 Å². The molecular weight excluding hydrogens is 304 g/mol. The van der Waals surface area contributed by atoms with E-state index in [9.17, 15) is 4.79 Å². The van der Waals surface area contributed by atoms with Crippen molar-refractivity contribution in [2.45, 2.75) is 20.8 Å². The van der Waals surface area contributed by atoms with E-state index in [1.54, 1.807) is 12.1 Å². The Bertz CT molecular complexity index is 853.